The van der Waals surface area contributed by atoms with Crippen molar-refractivity contribution in [3.8, 4) is 5.75 Å². The molecule has 0 spiro atoms. The van der Waals surface area contributed by atoms with Crippen LogP contribution in [0.2, 0.25) is 0 Å². The van der Waals surface area contributed by atoms with Gasteiger partial charge in [0, 0.05) is 26.3 Å². The molecule has 0 heterocycles. The van der Waals surface area contributed by atoms with Crippen LogP contribution in [0.15, 0.2) is 29.2 Å². The van der Waals surface area contributed by atoms with Crippen LogP contribution >= 0.6 is 0 Å². The van der Waals surface area contributed by atoms with Crippen molar-refractivity contribution in [2.45, 2.75) is 45.1 Å². The highest BCUT2D eigenvalue weighted by atomic mass is 32.2. The lowest BCUT2D eigenvalue weighted by Gasteiger charge is -2.16. The fraction of sp³-hybridized carbons (Fsp3) is 0.611. The minimum absolute atomic E-state index is 0.151. The first-order valence-corrected chi connectivity index (χ1v) is 10.4. The molecule has 0 saturated heterocycles. The van der Waals surface area contributed by atoms with Gasteiger partial charge in [-0.1, -0.05) is 13.8 Å². The Bertz CT molecular complexity index is 644. The average molecular weight is 387 g/mol. The van der Waals surface area contributed by atoms with E-state index in [-0.39, 0.29) is 10.8 Å². The van der Waals surface area contributed by atoms with Gasteiger partial charge in [-0.15, -0.1) is 0 Å². The first-order valence-electron chi connectivity index (χ1n) is 8.88. The van der Waals surface area contributed by atoms with Crippen LogP contribution in [0.5, 0.6) is 5.75 Å². The fourth-order valence-electron chi connectivity index (χ4n) is 2.01. The minimum atomic E-state index is -3.57. The summed E-state index contributed by atoms with van der Waals surface area (Å²) in [5.41, 5.74) is 0. The molecule has 8 heteroatoms. The summed E-state index contributed by atoms with van der Waals surface area (Å²) < 4.78 is 37.7. The molecular weight excluding hydrogens is 356 g/mol. The molecule has 2 N–H and O–H groups in total. The van der Waals surface area contributed by atoms with E-state index in [1.807, 2.05) is 20.8 Å². The van der Waals surface area contributed by atoms with Gasteiger partial charge in [-0.25, -0.2) is 13.1 Å². The van der Waals surface area contributed by atoms with Crippen molar-refractivity contribution in [3.63, 3.8) is 0 Å². The first kappa shape index (κ1) is 22.4. The quantitative estimate of drug-likeness (QED) is 0.536. The molecule has 1 aromatic rings. The fourth-order valence-corrected chi connectivity index (χ4v) is 3.09. The van der Waals surface area contributed by atoms with Crippen LogP contribution in [0.25, 0.3) is 0 Å². The summed E-state index contributed by atoms with van der Waals surface area (Å²) in [6.45, 7) is 9.59. The van der Waals surface area contributed by atoms with Crippen LogP contribution < -0.4 is 14.8 Å². The van der Waals surface area contributed by atoms with Gasteiger partial charge in [-0.2, -0.15) is 0 Å². The summed E-state index contributed by atoms with van der Waals surface area (Å²) in [6.07, 6.45) is -0.0510. The molecule has 0 aliphatic rings. The van der Waals surface area contributed by atoms with E-state index in [1.54, 1.807) is 19.1 Å². The molecule has 148 valence electrons. The Morgan fingerprint density at radius 1 is 1.15 bits per heavy atom. The molecule has 0 fully saturated rings. The Labute approximate surface area is 156 Å². The molecule has 1 amide bonds. The second-order valence-electron chi connectivity index (χ2n) is 6.32. The number of hydrogen-bond acceptors (Lipinski definition) is 5. The lowest BCUT2D eigenvalue weighted by atomic mass is 10.2. The molecule has 0 unspecified atom stereocenters. The largest absolute Gasteiger partial charge is 0.481 e. The zero-order valence-electron chi connectivity index (χ0n) is 15.9. The summed E-state index contributed by atoms with van der Waals surface area (Å²) >= 11 is 0. The molecule has 0 saturated carbocycles. The number of carbonyl (C=O) groups is 1. The topological polar surface area (TPSA) is 93.7 Å². The van der Waals surface area contributed by atoms with E-state index in [0.29, 0.717) is 44.4 Å². The van der Waals surface area contributed by atoms with Gasteiger partial charge in [0.05, 0.1) is 4.90 Å². The van der Waals surface area contributed by atoms with Crippen molar-refractivity contribution in [2.24, 2.45) is 5.92 Å². The molecule has 0 radical (unpaired) electrons. The summed E-state index contributed by atoms with van der Waals surface area (Å²) in [5, 5.41) is 2.80. The Hall–Kier alpha value is -1.64. The standard InChI is InChI=1S/C18H30N2O5S/c1-5-24-12-6-11-20-26(22,23)17-9-7-16(8-10-17)25-15(4)18(21)19-13-14(2)3/h7-10,14-15,20H,5-6,11-13H2,1-4H3,(H,19,21)/t15-/m0/s1. The predicted octanol–water partition coefficient (Wildman–Crippen LogP) is 1.93. The molecule has 1 rings (SSSR count). The molecule has 1 atom stereocenters. The first-order chi connectivity index (χ1) is 12.3. The Balaban J connectivity index is 2.55. The van der Waals surface area contributed by atoms with Gasteiger partial charge in [-0.3, -0.25) is 4.79 Å². The van der Waals surface area contributed by atoms with Gasteiger partial charge in [0.2, 0.25) is 10.0 Å². The van der Waals surface area contributed by atoms with Crippen LogP contribution in [0.1, 0.15) is 34.1 Å². The molecule has 7 nitrogen and oxygen atoms in total. The van der Waals surface area contributed by atoms with Crippen LogP contribution in [-0.4, -0.2) is 46.7 Å². The maximum Gasteiger partial charge on any atom is 0.260 e. The molecule has 26 heavy (non-hydrogen) atoms. The summed E-state index contributed by atoms with van der Waals surface area (Å²) in [6, 6.07) is 6.00. The lowest BCUT2D eigenvalue weighted by molar-refractivity contribution is -0.127. The van der Waals surface area contributed by atoms with Crippen LogP contribution in [0.4, 0.5) is 0 Å². The van der Waals surface area contributed by atoms with E-state index in [0.717, 1.165) is 0 Å². The molecular formula is C18H30N2O5S. The van der Waals surface area contributed by atoms with Crippen LogP contribution in [0.3, 0.4) is 0 Å². The zero-order valence-corrected chi connectivity index (χ0v) is 16.8. The van der Waals surface area contributed by atoms with Gasteiger partial charge < -0.3 is 14.8 Å². The predicted molar refractivity (Wildman–Crippen MR) is 101 cm³/mol. The van der Waals surface area contributed by atoms with Crippen molar-refractivity contribution >= 4 is 15.9 Å². The number of carbonyl (C=O) groups excluding carboxylic acids is 1. The lowest BCUT2D eigenvalue weighted by Crippen LogP contribution is -2.38. The molecule has 0 aromatic heterocycles. The van der Waals surface area contributed by atoms with Crippen molar-refractivity contribution in [1.82, 2.24) is 10.0 Å². The maximum absolute atomic E-state index is 12.2. The van der Waals surface area contributed by atoms with E-state index in [1.165, 1.54) is 12.1 Å². The van der Waals surface area contributed by atoms with E-state index < -0.39 is 16.1 Å². The monoisotopic (exact) mass is 386 g/mol. The Kier molecular flexibility index (Phi) is 9.61. The highest BCUT2D eigenvalue weighted by Gasteiger charge is 2.16. The van der Waals surface area contributed by atoms with Crippen molar-refractivity contribution < 1.29 is 22.7 Å². The number of ether oxygens (including phenoxy) is 2. The second-order valence-corrected chi connectivity index (χ2v) is 8.09. The highest BCUT2D eigenvalue weighted by molar-refractivity contribution is 7.89. The molecule has 1 aromatic carbocycles. The van der Waals surface area contributed by atoms with E-state index in [4.69, 9.17) is 9.47 Å². The minimum Gasteiger partial charge on any atom is -0.481 e. The zero-order chi connectivity index (χ0) is 19.6. The third-order valence-electron chi connectivity index (χ3n) is 3.46. The van der Waals surface area contributed by atoms with Gasteiger partial charge >= 0.3 is 0 Å². The second kappa shape index (κ2) is 11.2. The normalized spacial score (nSPS) is 12.8. The van der Waals surface area contributed by atoms with Crippen LogP contribution in [0, 0.1) is 5.92 Å². The van der Waals surface area contributed by atoms with E-state index in [2.05, 4.69) is 10.0 Å². The van der Waals surface area contributed by atoms with E-state index in [9.17, 15) is 13.2 Å². The number of hydrogen-bond donors (Lipinski definition) is 2. The SMILES string of the molecule is CCOCCCNS(=O)(=O)c1ccc(O[C@@H](C)C(=O)NCC(C)C)cc1. The van der Waals surface area contributed by atoms with Gasteiger partial charge in [0.25, 0.3) is 5.91 Å². The third-order valence-corrected chi connectivity index (χ3v) is 4.94. The summed E-state index contributed by atoms with van der Waals surface area (Å²) in [4.78, 5) is 12.1. The van der Waals surface area contributed by atoms with Gasteiger partial charge in [0.1, 0.15) is 5.75 Å². The Morgan fingerprint density at radius 3 is 2.38 bits per heavy atom. The van der Waals surface area contributed by atoms with Crippen LogP contribution in [-0.2, 0) is 19.6 Å². The summed E-state index contributed by atoms with van der Waals surface area (Å²) in [5.74, 6) is 0.593. The molecule has 0 bridgehead atoms. The van der Waals surface area contributed by atoms with Crippen molar-refractivity contribution in [3.05, 3.63) is 24.3 Å². The Morgan fingerprint density at radius 2 is 1.81 bits per heavy atom. The molecule has 0 aliphatic carbocycles. The molecule has 0 aliphatic heterocycles. The number of sulfonamides is 1. The highest BCUT2D eigenvalue weighted by Crippen LogP contribution is 2.17. The van der Waals surface area contributed by atoms with Gasteiger partial charge in [0.15, 0.2) is 6.10 Å². The number of benzene rings is 1. The average Bonchev–Trinajstić information content (AvgIpc) is 2.59. The van der Waals surface area contributed by atoms with Crippen molar-refractivity contribution in [1.29, 1.82) is 0 Å². The van der Waals surface area contributed by atoms with Crippen molar-refractivity contribution in [2.75, 3.05) is 26.3 Å². The van der Waals surface area contributed by atoms with E-state index >= 15 is 0 Å². The third kappa shape index (κ3) is 8.16. The number of rotatable bonds is 12. The maximum atomic E-state index is 12.2. The summed E-state index contributed by atoms with van der Waals surface area (Å²) in [7, 11) is -3.57. The smallest absolute Gasteiger partial charge is 0.260 e. The number of nitrogens with one attached hydrogen (secondary N) is 2. The van der Waals surface area contributed by atoms with Gasteiger partial charge in [-0.05, 0) is 50.5 Å². The number of amides is 1.